The maximum absolute atomic E-state index is 12.4. The average molecular weight is 421 g/mol. The van der Waals surface area contributed by atoms with E-state index in [0.29, 0.717) is 22.7 Å². The number of aromatic amines is 1. The molecule has 0 unspecified atom stereocenters. The molecule has 0 atom stereocenters. The van der Waals surface area contributed by atoms with E-state index in [1.165, 1.54) is 0 Å². The molecular weight excluding hydrogens is 406 g/mol. The van der Waals surface area contributed by atoms with Crippen molar-refractivity contribution in [3.8, 4) is 11.1 Å². The normalized spacial score (nSPS) is 10.8. The molecule has 1 heterocycles. The van der Waals surface area contributed by atoms with Crippen LogP contribution in [0.25, 0.3) is 22.0 Å². The zero-order valence-corrected chi connectivity index (χ0v) is 15.8. The van der Waals surface area contributed by atoms with Crippen molar-refractivity contribution in [1.29, 1.82) is 0 Å². The van der Waals surface area contributed by atoms with E-state index in [1.807, 2.05) is 36.4 Å². The number of carbonyl (C=O) groups is 1. The van der Waals surface area contributed by atoms with Crippen molar-refractivity contribution in [1.82, 2.24) is 4.98 Å². The Morgan fingerprint density at radius 1 is 1.20 bits per heavy atom. The summed E-state index contributed by atoms with van der Waals surface area (Å²) in [5, 5.41) is 1.42. The fraction of sp³-hybridized carbons (Fsp3) is 0.158. The lowest BCUT2D eigenvalue weighted by Gasteiger charge is -2.07. The maximum atomic E-state index is 12.4. The first kappa shape index (κ1) is 17.7. The van der Waals surface area contributed by atoms with Crippen molar-refractivity contribution in [2.75, 3.05) is 6.61 Å². The molecule has 1 N–H and O–H groups in total. The zero-order chi connectivity index (χ0) is 18.0. The molecule has 2 aromatic carbocycles. The second-order valence-corrected chi connectivity index (χ2v) is 6.81. The molecule has 0 saturated carbocycles. The summed E-state index contributed by atoms with van der Waals surface area (Å²) >= 11 is 9.46. The molecular formula is C19H15BrClNO3. The van der Waals surface area contributed by atoms with Gasteiger partial charge in [-0.3, -0.25) is 9.59 Å². The second-order valence-electron chi connectivity index (χ2n) is 5.54. The molecule has 0 radical (unpaired) electrons. The first-order valence-electron chi connectivity index (χ1n) is 7.75. The predicted molar refractivity (Wildman–Crippen MR) is 103 cm³/mol. The molecule has 25 heavy (non-hydrogen) atoms. The third-order valence-corrected chi connectivity index (χ3v) is 5.00. The largest absolute Gasteiger partial charge is 0.466 e. The quantitative estimate of drug-likeness (QED) is 0.622. The van der Waals surface area contributed by atoms with Crippen LogP contribution in [0, 0.1) is 0 Å². The first-order chi connectivity index (χ1) is 12.0. The van der Waals surface area contributed by atoms with Crippen molar-refractivity contribution >= 4 is 44.4 Å². The van der Waals surface area contributed by atoms with Crippen LogP contribution < -0.4 is 5.56 Å². The van der Waals surface area contributed by atoms with Gasteiger partial charge in [-0.05, 0) is 52.2 Å². The molecule has 0 aliphatic rings. The van der Waals surface area contributed by atoms with Gasteiger partial charge in [0, 0.05) is 20.9 Å². The van der Waals surface area contributed by atoms with E-state index < -0.39 is 0 Å². The van der Waals surface area contributed by atoms with E-state index in [4.69, 9.17) is 16.3 Å². The number of rotatable bonds is 4. The molecule has 3 aromatic rings. The van der Waals surface area contributed by atoms with E-state index in [-0.39, 0.29) is 17.9 Å². The van der Waals surface area contributed by atoms with E-state index in [1.54, 1.807) is 13.0 Å². The van der Waals surface area contributed by atoms with Gasteiger partial charge in [-0.25, -0.2) is 0 Å². The first-order valence-corrected chi connectivity index (χ1v) is 8.92. The Balaban J connectivity index is 1.96. The Bertz CT molecular complexity index is 996. The number of nitrogens with one attached hydrogen (secondary N) is 1. The van der Waals surface area contributed by atoms with E-state index in [9.17, 15) is 9.59 Å². The fourth-order valence-electron chi connectivity index (χ4n) is 2.60. The number of H-pyrrole nitrogens is 1. The van der Waals surface area contributed by atoms with Crippen LogP contribution in [0.1, 0.15) is 12.5 Å². The Kier molecular flexibility index (Phi) is 5.25. The highest BCUT2D eigenvalue weighted by Gasteiger charge is 2.09. The lowest BCUT2D eigenvalue weighted by Crippen LogP contribution is -2.09. The maximum Gasteiger partial charge on any atom is 0.310 e. The SMILES string of the molecule is CCOC(=O)Cc1ccc(-c2cc3cc(Br)c(Cl)cc3[nH]c2=O)cc1. The molecule has 0 amide bonds. The third kappa shape index (κ3) is 3.94. The van der Waals surface area contributed by atoms with Crippen LogP contribution in [-0.2, 0) is 16.0 Å². The van der Waals surface area contributed by atoms with Crippen molar-refractivity contribution in [2.45, 2.75) is 13.3 Å². The number of esters is 1. The average Bonchev–Trinajstić information content (AvgIpc) is 2.57. The minimum atomic E-state index is -0.263. The Hall–Kier alpha value is -2.11. The van der Waals surface area contributed by atoms with Crippen molar-refractivity contribution < 1.29 is 9.53 Å². The van der Waals surface area contributed by atoms with Gasteiger partial charge in [-0.15, -0.1) is 0 Å². The summed E-state index contributed by atoms with van der Waals surface area (Å²) in [6.45, 7) is 2.14. The van der Waals surface area contributed by atoms with Crippen LogP contribution >= 0.6 is 27.5 Å². The summed E-state index contributed by atoms with van der Waals surface area (Å²) < 4.78 is 5.71. The monoisotopic (exact) mass is 419 g/mol. The summed E-state index contributed by atoms with van der Waals surface area (Å²) in [7, 11) is 0. The number of hydrogen-bond acceptors (Lipinski definition) is 3. The van der Waals surface area contributed by atoms with Crippen LogP contribution in [0.2, 0.25) is 5.02 Å². The summed E-state index contributed by atoms with van der Waals surface area (Å²) in [4.78, 5) is 26.8. The molecule has 0 spiro atoms. The summed E-state index contributed by atoms with van der Waals surface area (Å²) in [6, 6.07) is 12.7. The lowest BCUT2D eigenvalue weighted by atomic mass is 10.0. The topological polar surface area (TPSA) is 59.2 Å². The smallest absolute Gasteiger partial charge is 0.310 e. The Morgan fingerprint density at radius 3 is 2.60 bits per heavy atom. The lowest BCUT2D eigenvalue weighted by molar-refractivity contribution is -0.142. The number of hydrogen-bond donors (Lipinski definition) is 1. The van der Waals surface area contributed by atoms with Gasteiger partial charge in [-0.1, -0.05) is 35.9 Å². The van der Waals surface area contributed by atoms with Gasteiger partial charge in [0.25, 0.3) is 5.56 Å². The van der Waals surface area contributed by atoms with Gasteiger partial charge in [0.1, 0.15) is 0 Å². The molecule has 6 heteroatoms. The standard InChI is InChI=1S/C19H15BrClNO3/c1-2-25-18(23)7-11-3-5-12(6-4-11)14-8-13-9-15(20)16(21)10-17(13)22-19(14)24/h3-6,8-10H,2,7H2,1H3,(H,22,24). The molecule has 0 aliphatic carbocycles. The predicted octanol–water partition coefficient (Wildman–Crippen LogP) is 4.72. The molecule has 128 valence electrons. The molecule has 0 aliphatic heterocycles. The van der Waals surface area contributed by atoms with Crippen molar-refractivity contribution in [3.05, 3.63) is 67.9 Å². The van der Waals surface area contributed by atoms with Crippen LogP contribution in [0.15, 0.2) is 51.7 Å². The van der Waals surface area contributed by atoms with E-state index in [2.05, 4.69) is 20.9 Å². The van der Waals surface area contributed by atoms with Crippen molar-refractivity contribution in [3.63, 3.8) is 0 Å². The van der Waals surface area contributed by atoms with Crippen LogP contribution in [0.4, 0.5) is 0 Å². The van der Waals surface area contributed by atoms with Gasteiger partial charge >= 0.3 is 5.97 Å². The highest BCUT2D eigenvalue weighted by Crippen LogP contribution is 2.28. The van der Waals surface area contributed by atoms with Gasteiger partial charge in [0.05, 0.1) is 18.1 Å². The molecule has 0 fully saturated rings. The summed E-state index contributed by atoms with van der Waals surface area (Å²) in [5.41, 5.74) is 2.67. The molecule has 1 aromatic heterocycles. The zero-order valence-electron chi connectivity index (χ0n) is 13.4. The number of benzene rings is 2. The van der Waals surface area contributed by atoms with Gasteiger partial charge in [0.2, 0.25) is 0 Å². The number of pyridine rings is 1. The summed E-state index contributed by atoms with van der Waals surface area (Å²) in [5.74, 6) is -0.263. The van der Waals surface area contributed by atoms with Gasteiger partial charge in [-0.2, -0.15) is 0 Å². The fourth-order valence-corrected chi connectivity index (χ4v) is 3.12. The number of fused-ring (bicyclic) bond motifs is 1. The highest BCUT2D eigenvalue weighted by molar-refractivity contribution is 9.10. The number of ether oxygens (including phenoxy) is 1. The number of carbonyl (C=O) groups excluding carboxylic acids is 1. The number of aromatic nitrogens is 1. The van der Waals surface area contributed by atoms with Gasteiger partial charge in [0.15, 0.2) is 0 Å². The summed E-state index contributed by atoms with van der Waals surface area (Å²) in [6.07, 6.45) is 0.216. The van der Waals surface area contributed by atoms with Crippen LogP contribution in [0.3, 0.4) is 0 Å². The molecule has 0 saturated heterocycles. The minimum absolute atomic E-state index is 0.191. The third-order valence-electron chi connectivity index (χ3n) is 3.80. The molecule has 0 bridgehead atoms. The number of halogens is 2. The second kappa shape index (κ2) is 7.42. The van der Waals surface area contributed by atoms with Crippen LogP contribution in [-0.4, -0.2) is 17.6 Å². The van der Waals surface area contributed by atoms with Gasteiger partial charge < -0.3 is 9.72 Å². The van der Waals surface area contributed by atoms with Crippen LogP contribution in [0.5, 0.6) is 0 Å². The Morgan fingerprint density at radius 2 is 1.92 bits per heavy atom. The molecule has 4 nitrogen and oxygen atoms in total. The van der Waals surface area contributed by atoms with Crippen molar-refractivity contribution in [2.24, 2.45) is 0 Å². The Labute approximate surface area is 157 Å². The van der Waals surface area contributed by atoms with E-state index in [0.717, 1.165) is 21.0 Å². The highest BCUT2D eigenvalue weighted by atomic mass is 79.9. The van der Waals surface area contributed by atoms with E-state index >= 15 is 0 Å². The minimum Gasteiger partial charge on any atom is -0.466 e. The molecule has 3 rings (SSSR count).